The zero-order chi connectivity index (χ0) is 9.84. The third kappa shape index (κ3) is 3.30. The molecule has 0 spiro atoms. The predicted molar refractivity (Wildman–Crippen MR) is 56.4 cm³/mol. The van der Waals surface area contributed by atoms with Gasteiger partial charge in [0.1, 0.15) is 0 Å². The van der Waals surface area contributed by atoms with Gasteiger partial charge in [-0.1, -0.05) is 19.1 Å². The minimum atomic E-state index is 0.221. The second-order valence-electron chi connectivity index (χ2n) is 3.39. The molecule has 1 aliphatic carbocycles. The van der Waals surface area contributed by atoms with Gasteiger partial charge in [-0.15, -0.1) is 0 Å². The average Bonchev–Trinajstić information content (AvgIpc) is 2.87. The Labute approximate surface area is 84.3 Å². The summed E-state index contributed by atoms with van der Waals surface area (Å²) in [4.78, 5) is 13.9. The first-order valence-corrected chi connectivity index (χ1v) is 5.13. The van der Waals surface area contributed by atoms with Gasteiger partial charge >= 0.3 is 0 Å². The molecule has 1 rings (SSSR count). The molecule has 0 heterocycles. The zero-order valence-electron chi connectivity index (χ0n) is 7.95. The summed E-state index contributed by atoms with van der Waals surface area (Å²) in [7, 11) is 0. The van der Waals surface area contributed by atoms with Gasteiger partial charge in [0, 0.05) is 25.4 Å². The lowest BCUT2D eigenvalue weighted by Gasteiger charge is -2.21. The quantitative estimate of drug-likeness (QED) is 0.675. The van der Waals surface area contributed by atoms with E-state index in [4.69, 9.17) is 18.0 Å². The van der Waals surface area contributed by atoms with E-state index in [-0.39, 0.29) is 5.91 Å². The largest absolute Gasteiger partial charge is 0.393 e. The molecule has 0 aromatic carbocycles. The highest BCUT2D eigenvalue weighted by Gasteiger charge is 2.31. The van der Waals surface area contributed by atoms with E-state index in [2.05, 4.69) is 0 Å². The Morgan fingerprint density at radius 1 is 1.62 bits per heavy atom. The zero-order valence-corrected chi connectivity index (χ0v) is 8.77. The van der Waals surface area contributed by atoms with E-state index < -0.39 is 0 Å². The standard InChI is InChI=1S/C9H16N2OS/c1-2-9(12)11(7-3-4-7)6-5-8(10)13/h7H,2-6H2,1H3,(H2,10,13). The molecule has 0 saturated heterocycles. The van der Waals surface area contributed by atoms with E-state index in [1.54, 1.807) is 0 Å². The summed E-state index contributed by atoms with van der Waals surface area (Å²) in [6.45, 7) is 2.59. The molecule has 1 fully saturated rings. The first kappa shape index (κ1) is 10.4. The number of carbonyl (C=O) groups excluding carboxylic acids is 1. The van der Waals surface area contributed by atoms with Crippen LogP contribution < -0.4 is 5.73 Å². The van der Waals surface area contributed by atoms with Crippen molar-refractivity contribution >= 4 is 23.1 Å². The van der Waals surface area contributed by atoms with Crippen molar-refractivity contribution in [2.45, 2.75) is 38.6 Å². The summed E-state index contributed by atoms with van der Waals surface area (Å²) in [5.41, 5.74) is 5.40. The molecule has 0 aliphatic heterocycles. The number of hydrogen-bond donors (Lipinski definition) is 1. The Hall–Kier alpha value is -0.640. The molecule has 1 saturated carbocycles. The molecule has 0 unspecified atom stereocenters. The molecule has 3 nitrogen and oxygen atoms in total. The van der Waals surface area contributed by atoms with Crippen LogP contribution >= 0.6 is 12.2 Å². The molecule has 2 N–H and O–H groups in total. The molecule has 0 aromatic rings. The molecule has 0 aromatic heterocycles. The van der Waals surface area contributed by atoms with Gasteiger partial charge in [0.25, 0.3) is 0 Å². The lowest BCUT2D eigenvalue weighted by molar-refractivity contribution is -0.131. The monoisotopic (exact) mass is 200 g/mol. The minimum absolute atomic E-state index is 0.221. The lowest BCUT2D eigenvalue weighted by Crippen LogP contribution is -2.35. The molecule has 1 amide bonds. The highest BCUT2D eigenvalue weighted by atomic mass is 32.1. The van der Waals surface area contributed by atoms with E-state index in [9.17, 15) is 4.79 Å². The van der Waals surface area contributed by atoms with Crippen LogP contribution in [0, 0.1) is 0 Å². The highest BCUT2D eigenvalue weighted by Crippen LogP contribution is 2.27. The third-order valence-corrected chi connectivity index (χ3v) is 2.41. The summed E-state index contributed by atoms with van der Waals surface area (Å²) < 4.78 is 0. The fourth-order valence-electron chi connectivity index (χ4n) is 1.33. The van der Waals surface area contributed by atoms with Crippen LogP contribution in [0.15, 0.2) is 0 Å². The molecular weight excluding hydrogens is 184 g/mol. The van der Waals surface area contributed by atoms with E-state index in [1.165, 1.54) is 0 Å². The van der Waals surface area contributed by atoms with Crippen LogP contribution in [0.5, 0.6) is 0 Å². The van der Waals surface area contributed by atoms with Gasteiger partial charge < -0.3 is 10.6 Å². The topological polar surface area (TPSA) is 46.3 Å². The van der Waals surface area contributed by atoms with Gasteiger partial charge in [0.15, 0.2) is 0 Å². The van der Waals surface area contributed by atoms with Crippen molar-refractivity contribution in [1.29, 1.82) is 0 Å². The maximum absolute atomic E-state index is 11.4. The summed E-state index contributed by atoms with van der Waals surface area (Å²) in [6.07, 6.45) is 3.51. The van der Waals surface area contributed by atoms with Crippen molar-refractivity contribution in [3.05, 3.63) is 0 Å². The molecule has 0 radical (unpaired) electrons. The van der Waals surface area contributed by atoms with Crippen molar-refractivity contribution in [2.24, 2.45) is 5.73 Å². The molecule has 1 aliphatic rings. The summed E-state index contributed by atoms with van der Waals surface area (Å²) in [5.74, 6) is 0.221. The van der Waals surface area contributed by atoms with Crippen LogP contribution in [0.4, 0.5) is 0 Å². The molecule has 13 heavy (non-hydrogen) atoms. The van der Waals surface area contributed by atoms with Crippen LogP contribution in [0.25, 0.3) is 0 Å². The Kier molecular flexibility index (Phi) is 3.66. The van der Waals surface area contributed by atoms with Crippen molar-refractivity contribution in [3.8, 4) is 0 Å². The maximum atomic E-state index is 11.4. The van der Waals surface area contributed by atoms with Gasteiger partial charge in [-0.2, -0.15) is 0 Å². The third-order valence-electron chi connectivity index (χ3n) is 2.21. The lowest BCUT2D eigenvalue weighted by atomic mass is 10.3. The Balaban J connectivity index is 2.38. The smallest absolute Gasteiger partial charge is 0.222 e. The molecule has 0 atom stereocenters. The number of nitrogens with zero attached hydrogens (tertiary/aromatic N) is 1. The highest BCUT2D eigenvalue weighted by molar-refractivity contribution is 7.80. The average molecular weight is 200 g/mol. The minimum Gasteiger partial charge on any atom is -0.393 e. The van der Waals surface area contributed by atoms with E-state index in [1.807, 2.05) is 11.8 Å². The van der Waals surface area contributed by atoms with Crippen LogP contribution in [0.1, 0.15) is 32.6 Å². The predicted octanol–water partition coefficient (Wildman–Crippen LogP) is 1.06. The Bertz CT molecular complexity index is 214. The number of amides is 1. The van der Waals surface area contributed by atoms with E-state index in [0.717, 1.165) is 12.8 Å². The Morgan fingerprint density at radius 2 is 2.23 bits per heavy atom. The number of thiocarbonyl (C=S) groups is 1. The van der Waals surface area contributed by atoms with Crippen LogP contribution in [0.3, 0.4) is 0 Å². The Morgan fingerprint density at radius 3 is 2.62 bits per heavy atom. The number of rotatable bonds is 5. The number of nitrogens with two attached hydrogens (primary N) is 1. The van der Waals surface area contributed by atoms with Crippen molar-refractivity contribution in [3.63, 3.8) is 0 Å². The first-order valence-electron chi connectivity index (χ1n) is 4.73. The molecule has 4 heteroatoms. The summed E-state index contributed by atoms with van der Waals surface area (Å²) in [5, 5.41) is 0. The normalized spacial score (nSPS) is 15.5. The first-order chi connectivity index (χ1) is 6.15. The summed E-state index contributed by atoms with van der Waals surface area (Å²) in [6, 6.07) is 0.474. The van der Waals surface area contributed by atoms with E-state index >= 15 is 0 Å². The van der Waals surface area contributed by atoms with Gasteiger partial charge in [-0.25, -0.2) is 0 Å². The van der Waals surface area contributed by atoms with Crippen LogP contribution in [0.2, 0.25) is 0 Å². The molecule has 0 bridgehead atoms. The fourth-order valence-corrected chi connectivity index (χ4v) is 1.42. The molecular formula is C9H16N2OS. The second-order valence-corrected chi connectivity index (χ2v) is 3.91. The maximum Gasteiger partial charge on any atom is 0.222 e. The van der Waals surface area contributed by atoms with E-state index in [0.29, 0.717) is 30.4 Å². The number of carbonyl (C=O) groups is 1. The van der Waals surface area contributed by atoms with Gasteiger partial charge in [-0.05, 0) is 12.8 Å². The van der Waals surface area contributed by atoms with Gasteiger partial charge in [0.2, 0.25) is 5.91 Å². The van der Waals surface area contributed by atoms with Crippen molar-refractivity contribution < 1.29 is 4.79 Å². The van der Waals surface area contributed by atoms with Gasteiger partial charge in [0.05, 0.1) is 4.99 Å². The van der Waals surface area contributed by atoms with Crippen LogP contribution in [-0.2, 0) is 4.79 Å². The summed E-state index contributed by atoms with van der Waals surface area (Å²) >= 11 is 4.78. The SMILES string of the molecule is CCC(=O)N(CCC(N)=S)C1CC1. The van der Waals surface area contributed by atoms with Crippen LogP contribution in [-0.4, -0.2) is 28.4 Å². The van der Waals surface area contributed by atoms with Gasteiger partial charge in [-0.3, -0.25) is 4.79 Å². The second kappa shape index (κ2) is 4.56. The fraction of sp³-hybridized carbons (Fsp3) is 0.778. The number of hydrogen-bond acceptors (Lipinski definition) is 2. The van der Waals surface area contributed by atoms with Crippen molar-refractivity contribution in [2.75, 3.05) is 6.54 Å². The molecule has 74 valence electrons. The van der Waals surface area contributed by atoms with Crippen molar-refractivity contribution in [1.82, 2.24) is 4.90 Å².